The SMILES string of the molecule is CCN(CCC(C)(C)CC(=O)O)c1cc2c(cc1CN(Cc1cc(C(F)(F)F)cc(C(F)(F)F)c1)c1noc(C)n1)CCC2.Cl. The van der Waals surface area contributed by atoms with Crippen LogP contribution in [0.2, 0.25) is 0 Å². The van der Waals surface area contributed by atoms with Crippen molar-refractivity contribution in [3.63, 3.8) is 0 Å². The molecule has 0 atom stereocenters. The molecular formula is C31H37ClF6N4O3. The third-order valence-corrected chi connectivity index (χ3v) is 7.89. The predicted octanol–water partition coefficient (Wildman–Crippen LogP) is 8.25. The zero-order valence-corrected chi connectivity index (χ0v) is 26.3. The first kappa shape index (κ1) is 36.0. The van der Waals surface area contributed by atoms with Gasteiger partial charge < -0.3 is 19.4 Å². The molecule has 0 fully saturated rings. The van der Waals surface area contributed by atoms with E-state index < -0.39 is 34.9 Å². The van der Waals surface area contributed by atoms with E-state index in [4.69, 9.17) is 4.52 Å². The fourth-order valence-corrected chi connectivity index (χ4v) is 5.62. The van der Waals surface area contributed by atoms with Gasteiger partial charge in [-0.2, -0.15) is 31.3 Å². The number of halogens is 7. The third-order valence-electron chi connectivity index (χ3n) is 7.89. The lowest BCUT2D eigenvalue weighted by atomic mass is 9.85. The maximum Gasteiger partial charge on any atom is 0.416 e. The highest BCUT2D eigenvalue weighted by Gasteiger charge is 2.37. The van der Waals surface area contributed by atoms with E-state index in [9.17, 15) is 36.2 Å². The molecule has 0 unspecified atom stereocenters. The lowest BCUT2D eigenvalue weighted by Gasteiger charge is -2.32. The van der Waals surface area contributed by atoms with Crippen LogP contribution in [0.15, 0.2) is 34.9 Å². The number of hydrogen-bond donors (Lipinski definition) is 1. The van der Waals surface area contributed by atoms with Crippen LogP contribution in [0, 0.1) is 12.3 Å². The molecule has 4 rings (SSSR count). The molecule has 0 amide bonds. The fourth-order valence-electron chi connectivity index (χ4n) is 5.62. The number of hydrogen-bond acceptors (Lipinski definition) is 6. The van der Waals surface area contributed by atoms with Gasteiger partial charge in [-0.15, -0.1) is 12.4 Å². The Bertz CT molecular complexity index is 1460. The Morgan fingerprint density at radius 3 is 2.04 bits per heavy atom. The highest BCUT2D eigenvalue weighted by atomic mass is 35.5. The van der Waals surface area contributed by atoms with Crippen molar-refractivity contribution >= 4 is 30.0 Å². The van der Waals surface area contributed by atoms with Crippen LogP contribution < -0.4 is 9.80 Å². The van der Waals surface area contributed by atoms with Crippen LogP contribution >= 0.6 is 12.4 Å². The summed E-state index contributed by atoms with van der Waals surface area (Å²) in [5, 5.41) is 13.3. The number of aliphatic carboxylic acids is 1. The van der Waals surface area contributed by atoms with Crippen LogP contribution in [0.25, 0.3) is 0 Å². The van der Waals surface area contributed by atoms with Crippen LogP contribution in [-0.4, -0.2) is 34.3 Å². The summed E-state index contributed by atoms with van der Waals surface area (Å²) in [6.45, 7) is 8.17. The van der Waals surface area contributed by atoms with Crippen molar-refractivity contribution in [2.24, 2.45) is 5.41 Å². The Labute approximate surface area is 264 Å². The summed E-state index contributed by atoms with van der Waals surface area (Å²) in [6.07, 6.45) is -6.66. The molecule has 1 aliphatic rings. The standard InChI is InChI=1S/C31H36F6N4O3.ClH/c1-5-40(10-9-29(3,4)16-27(42)43)26-14-22-8-6-7-21(22)13-23(26)18-41(28-38-19(2)44-39-28)17-20-11-24(30(32,33)34)15-25(12-20)31(35,36)37;/h11-15H,5-10,16-18H2,1-4H3,(H,42,43);1H. The van der Waals surface area contributed by atoms with Gasteiger partial charge in [0.2, 0.25) is 5.89 Å². The summed E-state index contributed by atoms with van der Waals surface area (Å²) in [5.74, 6) is -0.661. The Morgan fingerprint density at radius 2 is 1.53 bits per heavy atom. The van der Waals surface area contributed by atoms with E-state index in [1.54, 1.807) is 6.92 Å². The normalized spacial score (nSPS) is 13.4. The molecule has 1 aliphatic carbocycles. The number of anilines is 2. The van der Waals surface area contributed by atoms with Gasteiger partial charge in [0.1, 0.15) is 0 Å². The molecule has 14 heteroatoms. The number of aromatic nitrogens is 2. The first-order valence-electron chi connectivity index (χ1n) is 14.4. The number of carboxylic acid groups (broad SMARTS) is 1. The number of fused-ring (bicyclic) bond motifs is 1. The maximum absolute atomic E-state index is 13.6. The number of carboxylic acids is 1. The first-order chi connectivity index (χ1) is 20.4. The van der Waals surface area contributed by atoms with E-state index in [2.05, 4.69) is 21.1 Å². The number of aryl methyl sites for hydroxylation is 3. The second-order valence-corrected chi connectivity index (χ2v) is 12.1. The van der Waals surface area contributed by atoms with Gasteiger partial charge in [0.15, 0.2) is 0 Å². The Kier molecular flexibility index (Phi) is 11.1. The van der Waals surface area contributed by atoms with Crippen molar-refractivity contribution < 1.29 is 40.8 Å². The lowest BCUT2D eigenvalue weighted by Crippen LogP contribution is -2.31. The van der Waals surface area contributed by atoms with E-state index in [0.29, 0.717) is 31.6 Å². The van der Waals surface area contributed by atoms with E-state index in [0.717, 1.165) is 36.1 Å². The van der Waals surface area contributed by atoms with Gasteiger partial charge >= 0.3 is 18.3 Å². The maximum atomic E-state index is 13.6. The largest absolute Gasteiger partial charge is 0.481 e. The molecule has 0 aliphatic heterocycles. The molecule has 248 valence electrons. The summed E-state index contributed by atoms with van der Waals surface area (Å²) < 4.78 is 86.9. The average molecular weight is 663 g/mol. The zero-order valence-electron chi connectivity index (χ0n) is 25.5. The quantitative estimate of drug-likeness (QED) is 0.196. The second-order valence-electron chi connectivity index (χ2n) is 12.1. The molecule has 0 saturated heterocycles. The summed E-state index contributed by atoms with van der Waals surface area (Å²) >= 11 is 0. The van der Waals surface area contributed by atoms with E-state index in [-0.39, 0.29) is 55.4 Å². The summed E-state index contributed by atoms with van der Waals surface area (Å²) in [6, 6.07) is 5.66. The molecule has 1 aromatic heterocycles. The number of rotatable bonds is 12. The van der Waals surface area contributed by atoms with E-state index >= 15 is 0 Å². The molecule has 0 spiro atoms. The van der Waals surface area contributed by atoms with Crippen molar-refractivity contribution in [2.45, 2.75) is 85.2 Å². The molecule has 2 aromatic carbocycles. The molecular weight excluding hydrogens is 626 g/mol. The minimum atomic E-state index is -4.98. The molecule has 3 aromatic rings. The van der Waals surface area contributed by atoms with Crippen LogP contribution in [0.1, 0.15) is 79.3 Å². The molecule has 45 heavy (non-hydrogen) atoms. The van der Waals surface area contributed by atoms with Gasteiger partial charge in [-0.25, -0.2) is 0 Å². The van der Waals surface area contributed by atoms with Crippen molar-refractivity contribution in [2.75, 3.05) is 22.9 Å². The second kappa shape index (κ2) is 13.9. The lowest BCUT2D eigenvalue weighted by molar-refractivity contribution is -0.143. The topological polar surface area (TPSA) is 82.7 Å². The van der Waals surface area contributed by atoms with Crippen LogP contribution in [-0.2, 0) is 43.1 Å². The molecule has 0 bridgehead atoms. The minimum Gasteiger partial charge on any atom is -0.481 e. The van der Waals surface area contributed by atoms with Crippen LogP contribution in [0.4, 0.5) is 38.0 Å². The smallest absolute Gasteiger partial charge is 0.416 e. The van der Waals surface area contributed by atoms with E-state index in [1.807, 2.05) is 26.8 Å². The third kappa shape index (κ3) is 9.27. The van der Waals surface area contributed by atoms with Gasteiger partial charge in [0.25, 0.3) is 5.95 Å². The monoisotopic (exact) mass is 662 g/mol. The highest BCUT2D eigenvalue weighted by molar-refractivity contribution is 5.85. The van der Waals surface area contributed by atoms with Crippen molar-refractivity contribution in [1.29, 1.82) is 0 Å². The average Bonchev–Trinajstić information content (AvgIpc) is 3.55. The molecule has 0 radical (unpaired) electrons. The summed E-state index contributed by atoms with van der Waals surface area (Å²) in [4.78, 5) is 19.3. The molecule has 1 N–H and O–H groups in total. The molecule has 1 heterocycles. The van der Waals surface area contributed by atoms with Gasteiger partial charge in [-0.1, -0.05) is 19.9 Å². The number of nitrogens with zero attached hydrogens (tertiary/aromatic N) is 4. The van der Waals surface area contributed by atoms with Crippen molar-refractivity contribution in [3.05, 3.63) is 69.6 Å². The van der Waals surface area contributed by atoms with Crippen LogP contribution in [0.3, 0.4) is 0 Å². The Hall–Kier alpha value is -3.48. The van der Waals surface area contributed by atoms with Gasteiger partial charge in [0.05, 0.1) is 17.5 Å². The summed E-state index contributed by atoms with van der Waals surface area (Å²) in [7, 11) is 0. The number of benzene rings is 2. The van der Waals surface area contributed by atoms with Crippen LogP contribution in [0.5, 0.6) is 0 Å². The van der Waals surface area contributed by atoms with Crippen molar-refractivity contribution in [1.82, 2.24) is 10.1 Å². The number of carbonyl (C=O) groups is 1. The Morgan fingerprint density at radius 1 is 0.933 bits per heavy atom. The zero-order chi connectivity index (χ0) is 32.4. The van der Waals surface area contributed by atoms with Gasteiger partial charge in [-0.3, -0.25) is 4.79 Å². The van der Waals surface area contributed by atoms with Crippen molar-refractivity contribution in [3.8, 4) is 0 Å². The summed E-state index contributed by atoms with van der Waals surface area (Å²) in [5.41, 5.74) is 0.509. The van der Waals surface area contributed by atoms with Gasteiger partial charge in [-0.05, 0) is 89.7 Å². The highest BCUT2D eigenvalue weighted by Crippen LogP contribution is 2.38. The Balaban J connectivity index is 0.00000552. The molecule has 7 nitrogen and oxygen atoms in total. The minimum absolute atomic E-state index is 0. The predicted molar refractivity (Wildman–Crippen MR) is 160 cm³/mol. The first-order valence-corrected chi connectivity index (χ1v) is 14.4. The van der Waals surface area contributed by atoms with Gasteiger partial charge in [0, 0.05) is 38.8 Å². The molecule has 0 saturated carbocycles. The van der Waals surface area contributed by atoms with E-state index in [1.165, 1.54) is 10.5 Å². The number of alkyl halides is 6. The fraction of sp³-hybridized carbons (Fsp3) is 0.516.